The van der Waals surface area contributed by atoms with E-state index in [0.717, 1.165) is 38.5 Å². The maximum atomic E-state index is 5.79. The molecule has 4 rings (SSSR count). The van der Waals surface area contributed by atoms with E-state index in [1.165, 1.54) is 24.8 Å². The molecule has 22 heavy (non-hydrogen) atoms. The van der Waals surface area contributed by atoms with Crippen molar-refractivity contribution in [3.05, 3.63) is 29.8 Å². The summed E-state index contributed by atoms with van der Waals surface area (Å²) < 4.78 is 11.5. The molecule has 120 valence electrons. The van der Waals surface area contributed by atoms with Crippen LogP contribution in [0.25, 0.3) is 0 Å². The van der Waals surface area contributed by atoms with Crippen molar-refractivity contribution >= 4 is 0 Å². The summed E-state index contributed by atoms with van der Waals surface area (Å²) in [6, 6.07) is 10.0. The van der Waals surface area contributed by atoms with Crippen molar-refractivity contribution in [1.29, 1.82) is 0 Å². The molecule has 2 fully saturated rings. The topological polar surface area (TPSA) is 42.5 Å². The minimum atomic E-state index is 0.431. The number of para-hydroxylation sites is 1. The number of benzene rings is 1. The third kappa shape index (κ3) is 2.87. The molecule has 4 nitrogen and oxygen atoms in total. The Morgan fingerprint density at radius 2 is 2.05 bits per heavy atom. The number of fused-ring (bicyclic) bond motifs is 1. The lowest BCUT2D eigenvalue weighted by molar-refractivity contribution is 0.0511. The largest absolute Gasteiger partial charge is 0.493 e. The van der Waals surface area contributed by atoms with Crippen LogP contribution in [0.5, 0.6) is 5.75 Å². The standard InChI is InChI=1S/C18H26N2O2/c1-2-7-18-14(4-1)16(8-10-22-18)20-15-6-3-5-13(15)17-12-21-11-9-19-17/h1-2,4,7,13,15-17,19-20H,3,5-6,8-12H2. The van der Waals surface area contributed by atoms with Gasteiger partial charge in [0.2, 0.25) is 0 Å². The van der Waals surface area contributed by atoms with Crippen LogP contribution in [0.4, 0.5) is 0 Å². The van der Waals surface area contributed by atoms with Gasteiger partial charge >= 0.3 is 0 Å². The zero-order valence-corrected chi connectivity index (χ0v) is 13.1. The van der Waals surface area contributed by atoms with Crippen molar-refractivity contribution in [1.82, 2.24) is 10.6 Å². The molecule has 2 heterocycles. The van der Waals surface area contributed by atoms with Crippen molar-refractivity contribution in [2.45, 2.75) is 43.8 Å². The van der Waals surface area contributed by atoms with Gasteiger partial charge in [0.05, 0.1) is 19.8 Å². The number of morpholine rings is 1. The molecule has 2 aliphatic heterocycles. The van der Waals surface area contributed by atoms with E-state index in [-0.39, 0.29) is 0 Å². The van der Waals surface area contributed by atoms with Gasteiger partial charge in [-0.25, -0.2) is 0 Å². The Morgan fingerprint density at radius 3 is 2.95 bits per heavy atom. The highest BCUT2D eigenvalue weighted by molar-refractivity contribution is 5.37. The van der Waals surface area contributed by atoms with Gasteiger partial charge in [-0.15, -0.1) is 0 Å². The third-order valence-electron chi connectivity index (χ3n) is 5.41. The van der Waals surface area contributed by atoms with Crippen LogP contribution in [0.2, 0.25) is 0 Å². The summed E-state index contributed by atoms with van der Waals surface area (Å²) in [5.41, 5.74) is 1.33. The van der Waals surface area contributed by atoms with Crippen molar-refractivity contribution in [3.63, 3.8) is 0 Å². The molecule has 4 atom stereocenters. The number of hydrogen-bond donors (Lipinski definition) is 2. The second-order valence-corrected chi connectivity index (χ2v) is 6.73. The lowest BCUT2D eigenvalue weighted by Crippen LogP contribution is -2.51. The lowest BCUT2D eigenvalue weighted by Gasteiger charge is -2.36. The fourth-order valence-corrected chi connectivity index (χ4v) is 4.31. The molecular weight excluding hydrogens is 276 g/mol. The monoisotopic (exact) mass is 302 g/mol. The summed E-state index contributed by atoms with van der Waals surface area (Å²) in [5, 5.41) is 7.60. The van der Waals surface area contributed by atoms with E-state index in [9.17, 15) is 0 Å². The second-order valence-electron chi connectivity index (χ2n) is 6.73. The summed E-state index contributed by atoms with van der Waals surface area (Å²) in [6.07, 6.45) is 4.98. The van der Waals surface area contributed by atoms with E-state index in [1.54, 1.807) is 0 Å². The number of rotatable bonds is 3. The first-order valence-electron chi connectivity index (χ1n) is 8.71. The van der Waals surface area contributed by atoms with Crippen LogP contribution in [-0.4, -0.2) is 38.4 Å². The van der Waals surface area contributed by atoms with Gasteiger partial charge in [0.15, 0.2) is 0 Å². The molecule has 1 saturated heterocycles. The molecule has 1 saturated carbocycles. The summed E-state index contributed by atoms with van der Waals surface area (Å²) in [4.78, 5) is 0. The van der Waals surface area contributed by atoms with Gasteiger partial charge in [0, 0.05) is 36.7 Å². The Hall–Kier alpha value is -1.10. The molecule has 1 aromatic rings. The summed E-state index contributed by atoms with van der Waals surface area (Å²) in [5.74, 6) is 1.75. The number of ether oxygens (including phenoxy) is 2. The van der Waals surface area contributed by atoms with Crippen molar-refractivity contribution in [3.8, 4) is 5.75 Å². The van der Waals surface area contributed by atoms with Gasteiger partial charge in [-0.1, -0.05) is 24.6 Å². The molecule has 2 N–H and O–H groups in total. The minimum Gasteiger partial charge on any atom is -0.493 e. The molecule has 4 unspecified atom stereocenters. The maximum absolute atomic E-state index is 5.79. The van der Waals surface area contributed by atoms with Gasteiger partial charge in [-0.05, 0) is 24.8 Å². The predicted octanol–water partition coefficient (Wildman–Crippen LogP) is 2.26. The normalized spacial score (nSPS) is 34.9. The first kappa shape index (κ1) is 14.5. The van der Waals surface area contributed by atoms with E-state index in [2.05, 4.69) is 34.9 Å². The van der Waals surface area contributed by atoms with E-state index < -0.39 is 0 Å². The minimum absolute atomic E-state index is 0.431. The highest BCUT2D eigenvalue weighted by Crippen LogP contribution is 2.36. The van der Waals surface area contributed by atoms with Gasteiger partial charge in [0.25, 0.3) is 0 Å². The van der Waals surface area contributed by atoms with E-state index in [1.807, 2.05) is 0 Å². The van der Waals surface area contributed by atoms with Crippen LogP contribution in [0.3, 0.4) is 0 Å². The first-order chi connectivity index (χ1) is 10.9. The molecule has 0 aromatic heterocycles. The van der Waals surface area contributed by atoms with Crippen LogP contribution in [0, 0.1) is 5.92 Å². The quantitative estimate of drug-likeness (QED) is 0.899. The number of nitrogens with one attached hydrogen (secondary N) is 2. The molecule has 3 aliphatic rings. The Morgan fingerprint density at radius 1 is 1.09 bits per heavy atom. The Kier molecular flexibility index (Phi) is 4.33. The third-order valence-corrected chi connectivity index (χ3v) is 5.41. The van der Waals surface area contributed by atoms with Crippen LogP contribution in [0.1, 0.15) is 37.3 Å². The lowest BCUT2D eigenvalue weighted by atomic mass is 9.91. The molecule has 1 aromatic carbocycles. The molecule has 0 amide bonds. The Labute approximate surface area is 132 Å². The van der Waals surface area contributed by atoms with Crippen molar-refractivity contribution in [2.24, 2.45) is 5.92 Å². The fraction of sp³-hybridized carbons (Fsp3) is 0.667. The van der Waals surface area contributed by atoms with E-state index >= 15 is 0 Å². The molecule has 0 radical (unpaired) electrons. The highest BCUT2D eigenvalue weighted by atomic mass is 16.5. The summed E-state index contributed by atoms with van der Waals surface area (Å²) in [6.45, 7) is 3.53. The molecule has 0 bridgehead atoms. The smallest absolute Gasteiger partial charge is 0.124 e. The maximum Gasteiger partial charge on any atom is 0.124 e. The van der Waals surface area contributed by atoms with Crippen LogP contribution < -0.4 is 15.4 Å². The summed E-state index contributed by atoms with van der Waals surface area (Å²) in [7, 11) is 0. The van der Waals surface area contributed by atoms with Gasteiger partial charge in [-0.2, -0.15) is 0 Å². The summed E-state index contributed by atoms with van der Waals surface area (Å²) >= 11 is 0. The van der Waals surface area contributed by atoms with E-state index in [4.69, 9.17) is 9.47 Å². The van der Waals surface area contributed by atoms with Crippen molar-refractivity contribution < 1.29 is 9.47 Å². The Bertz CT molecular complexity index is 502. The zero-order valence-electron chi connectivity index (χ0n) is 13.1. The predicted molar refractivity (Wildman–Crippen MR) is 86.2 cm³/mol. The highest BCUT2D eigenvalue weighted by Gasteiger charge is 2.36. The zero-order chi connectivity index (χ0) is 14.8. The molecule has 0 spiro atoms. The average molecular weight is 302 g/mol. The van der Waals surface area contributed by atoms with Crippen LogP contribution >= 0.6 is 0 Å². The second kappa shape index (κ2) is 6.57. The fourth-order valence-electron chi connectivity index (χ4n) is 4.31. The van der Waals surface area contributed by atoms with E-state index in [0.29, 0.717) is 24.0 Å². The van der Waals surface area contributed by atoms with Gasteiger partial charge < -0.3 is 20.1 Å². The van der Waals surface area contributed by atoms with Gasteiger partial charge in [-0.3, -0.25) is 0 Å². The van der Waals surface area contributed by atoms with Crippen LogP contribution in [-0.2, 0) is 4.74 Å². The van der Waals surface area contributed by atoms with Crippen LogP contribution in [0.15, 0.2) is 24.3 Å². The first-order valence-corrected chi connectivity index (χ1v) is 8.71. The molecular formula is C18H26N2O2. The van der Waals surface area contributed by atoms with Crippen molar-refractivity contribution in [2.75, 3.05) is 26.4 Å². The average Bonchev–Trinajstić information content (AvgIpc) is 3.04. The number of hydrogen-bond acceptors (Lipinski definition) is 4. The Balaban J connectivity index is 1.46. The SMILES string of the molecule is c1ccc2c(c1)OCCC2NC1CCCC1C1COCCN1. The van der Waals surface area contributed by atoms with Gasteiger partial charge in [0.1, 0.15) is 5.75 Å². The molecule has 4 heteroatoms. The molecule has 1 aliphatic carbocycles.